The third kappa shape index (κ3) is 2.33. The van der Waals surface area contributed by atoms with E-state index in [1.165, 1.54) is 4.90 Å². The lowest BCUT2D eigenvalue weighted by Gasteiger charge is -2.14. The van der Waals surface area contributed by atoms with Crippen molar-refractivity contribution < 1.29 is 18.7 Å². The monoisotopic (exact) mass is 280 g/mol. The van der Waals surface area contributed by atoms with E-state index in [-0.39, 0.29) is 23.7 Å². The summed E-state index contributed by atoms with van der Waals surface area (Å²) in [4.78, 5) is 12.1. The SMILES string of the molecule is CCOc1cc2c(c(F)c1OCC)C(=N)N(CC=O)C2. The summed E-state index contributed by atoms with van der Waals surface area (Å²) in [6.45, 7) is 4.67. The highest BCUT2D eigenvalue weighted by Gasteiger charge is 2.31. The minimum atomic E-state index is -0.591. The van der Waals surface area contributed by atoms with Gasteiger partial charge < -0.3 is 19.2 Å². The summed E-state index contributed by atoms with van der Waals surface area (Å²) in [5.74, 6) is -0.211. The van der Waals surface area contributed by atoms with Crippen molar-refractivity contribution in [2.45, 2.75) is 20.4 Å². The molecule has 0 saturated carbocycles. The molecule has 0 spiro atoms. The fourth-order valence-electron chi connectivity index (χ4n) is 2.27. The van der Waals surface area contributed by atoms with Crippen molar-refractivity contribution >= 4 is 12.1 Å². The molecular formula is C14H17FN2O3. The van der Waals surface area contributed by atoms with Gasteiger partial charge in [-0.3, -0.25) is 5.41 Å². The number of nitrogens with one attached hydrogen (secondary N) is 1. The van der Waals surface area contributed by atoms with E-state index in [0.29, 0.717) is 37.4 Å². The lowest BCUT2D eigenvalue weighted by Crippen LogP contribution is -2.26. The van der Waals surface area contributed by atoms with Gasteiger partial charge in [-0.2, -0.15) is 0 Å². The van der Waals surface area contributed by atoms with Crippen LogP contribution in [-0.4, -0.2) is 36.8 Å². The molecule has 0 atom stereocenters. The third-order valence-corrected chi connectivity index (χ3v) is 3.07. The Morgan fingerprint density at radius 3 is 2.70 bits per heavy atom. The zero-order chi connectivity index (χ0) is 14.7. The molecule has 20 heavy (non-hydrogen) atoms. The van der Waals surface area contributed by atoms with E-state index in [4.69, 9.17) is 14.9 Å². The fraction of sp³-hybridized carbons (Fsp3) is 0.429. The first-order valence-electron chi connectivity index (χ1n) is 6.52. The Morgan fingerprint density at radius 2 is 2.10 bits per heavy atom. The molecule has 1 aromatic carbocycles. The number of hydrogen-bond donors (Lipinski definition) is 1. The summed E-state index contributed by atoms with van der Waals surface area (Å²) in [6.07, 6.45) is 0.700. The van der Waals surface area contributed by atoms with E-state index >= 15 is 0 Å². The first-order chi connectivity index (χ1) is 9.63. The van der Waals surface area contributed by atoms with Gasteiger partial charge in [0.15, 0.2) is 17.3 Å². The van der Waals surface area contributed by atoms with Crippen LogP contribution in [0.5, 0.6) is 11.5 Å². The smallest absolute Gasteiger partial charge is 0.197 e. The molecule has 0 amide bonds. The van der Waals surface area contributed by atoms with Crippen LogP contribution in [-0.2, 0) is 11.3 Å². The summed E-state index contributed by atoms with van der Waals surface area (Å²) < 4.78 is 25.3. The molecule has 0 bridgehead atoms. The van der Waals surface area contributed by atoms with Crippen molar-refractivity contribution in [3.05, 3.63) is 23.0 Å². The topological polar surface area (TPSA) is 62.6 Å². The lowest BCUT2D eigenvalue weighted by atomic mass is 10.1. The average Bonchev–Trinajstić information content (AvgIpc) is 2.72. The summed E-state index contributed by atoms with van der Waals surface area (Å²) in [5.41, 5.74) is 0.833. The van der Waals surface area contributed by atoms with Crippen molar-refractivity contribution in [1.82, 2.24) is 4.90 Å². The normalized spacial score (nSPS) is 13.3. The maximum Gasteiger partial charge on any atom is 0.197 e. The average molecular weight is 280 g/mol. The molecule has 6 heteroatoms. The number of amidine groups is 1. The summed E-state index contributed by atoms with van der Waals surface area (Å²) in [6, 6.07) is 1.69. The van der Waals surface area contributed by atoms with Gasteiger partial charge in [0.1, 0.15) is 12.1 Å². The number of nitrogens with zero attached hydrogens (tertiary/aromatic N) is 1. The number of halogens is 1. The molecule has 0 radical (unpaired) electrons. The van der Waals surface area contributed by atoms with Gasteiger partial charge >= 0.3 is 0 Å². The molecule has 0 aliphatic carbocycles. The lowest BCUT2D eigenvalue weighted by molar-refractivity contribution is -0.108. The molecule has 1 aliphatic heterocycles. The third-order valence-electron chi connectivity index (χ3n) is 3.07. The Labute approximate surface area is 116 Å². The van der Waals surface area contributed by atoms with Crippen LogP contribution < -0.4 is 9.47 Å². The highest BCUT2D eigenvalue weighted by molar-refractivity contribution is 6.02. The quantitative estimate of drug-likeness (QED) is 0.809. The van der Waals surface area contributed by atoms with Crippen molar-refractivity contribution in [3.8, 4) is 11.5 Å². The number of carbonyl (C=O) groups excluding carboxylic acids is 1. The van der Waals surface area contributed by atoms with Crippen LogP contribution in [0.2, 0.25) is 0 Å². The van der Waals surface area contributed by atoms with Gasteiger partial charge in [0.25, 0.3) is 0 Å². The van der Waals surface area contributed by atoms with E-state index in [0.717, 1.165) is 0 Å². The number of hydrogen-bond acceptors (Lipinski definition) is 4. The molecule has 1 N–H and O–H groups in total. The molecule has 2 rings (SSSR count). The number of rotatable bonds is 6. The van der Waals surface area contributed by atoms with Crippen LogP contribution in [0.3, 0.4) is 0 Å². The van der Waals surface area contributed by atoms with Crippen LogP contribution in [0.4, 0.5) is 4.39 Å². The first-order valence-corrected chi connectivity index (χ1v) is 6.52. The van der Waals surface area contributed by atoms with Crippen molar-refractivity contribution in [3.63, 3.8) is 0 Å². The van der Waals surface area contributed by atoms with Gasteiger partial charge in [-0.15, -0.1) is 0 Å². The molecule has 108 valence electrons. The van der Waals surface area contributed by atoms with Crippen molar-refractivity contribution in [1.29, 1.82) is 5.41 Å². The van der Waals surface area contributed by atoms with Gasteiger partial charge in [0, 0.05) is 6.54 Å². The fourth-order valence-corrected chi connectivity index (χ4v) is 2.27. The zero-order valence-electron chi connectivity index (χ0n) is 11.5. The largest absolute Gasteiger partial charge is 0.490 e. The molecular weight excluding hydrogens is 263 g/mol. The van der Waals surface area contributed by atoms with Gasteiger partial charge in [-0.25, -0.2) is 4.39 Å². The Hall–Kier alpha value is -2.11. The number of ether oxygens (including phenoxy) is 2. The van der Waals surface area contributed by atoms with Crippen molar-refractivity contribution in [2.75, 3.05) is 19.8 Å². The number of benzene rings is 1. The maximum absolute atomic E-state index is 14.5. The minimum Gasteiger partial charge on any atom is -0.490 e. The molecule has 5 nitrogen and oxygen atoms in total. The van der Waals surface area contributed by atoms with E-state index < -0.39 is 5.82 Å². The molecule has 0 saturated heterocycles. The van der Waals surface area contributed by atoms with E-state index in [2.05, 4.69) is 0 Å². The molecule has 0 unspecified atom stereocenters. The van der Waals surface area contributed by atoms with E-state index in [9.17, 15) is 9.18 Å². The number of fused-ring (bicyclic) bond motifs is 1. The van der Waals surface area contributed by atoms with Crippen LogP contribution in [0.25, 0.3) is 0 Å². The summed E-state index contributed by atoms with van der Waals surface area (Å²) >= 11 is 0. The molecule has 1 heterocycles. The highest BCUT2D eigenvalue weighted by atomic mass is 19.1. The molecule has 1 aliphatic rings. The Bertz CT molecular complexity index is 546. The predicted molar refractivity (Wildman–Crippen MR) is 72.0 cm³/mol. The Morgan fingerprint density at radius 1 is 1.40 bits per heavy atom. The molecule has 1 aromatic rings. The summed E-state index contributed by atoms with van der Waals surface area (Å²) in [7, 11) is 0. The van der Waals surface area contributed by atoms with E-state index in [1.54, 1.807) is 13.0 Å². The first kappa shape index (κ1) is 14.3. The van der Waals surface area contributed by atoms with Gasteiger partial charge in [0.05, 0.1) is 25.3 Å². The van der Waals surface area contributed by atoms with Gasteiger partial charge in [-0.05, 0) is 25.5 Å². The second-order valence-electron chi connectivity index (χ2n) is 4.31. The zero-order valence-corrected chi connectivity index (χ0v) is 11.5. The van der Waals surface area contributed by atoms with Gasteiger partial charge in [-0.1, -0.05) is 0 Å². The minimum absolute atomic E-state index is 0.00796. The Kier molecular flexibility index (Phi) is 4.22. The predicted octanol–water partition coefficient (Wildman–Crippen LogP) is 1.96. The van der Waals surface area contributed by atoms with E-state index in [1.807, 2.05) is 6.92 Å². The second-order valence-corrected chi connectivity index (χ2v) is 4.31. The standard InChI is InChI=1S/C14H17FN2O3/c1-3-19-10-7-9-8-17(5-6-18)14(16)11(9)12(15)13(10)20-4-2/h6-7,16H,3-5,8H2,1-2H3. The van der Waals surface area contributed by atoms with Crippen LogP contribution in [0.1, 0.15) is 25.0 Å². The van der Waals surface area contributed by atoms with Crippen molar-refractivity contribution in [2.24, 2.45) is 0 Å². The number of aldehydes is 1. The highest BCUT2D eigenvalue weighted by Crippen LogP contribution is 2.38. The van der Waals surface area contributed by atoms with Crippen LogP contribution in [0, 0.1) is 11.2 Å². The van der Waals surface area contributed by atoms with Crippen LogP contribution in [0.15, 0.2) is 6.07 Å². The molecule has 0 aromatic heterocycles. The molecule has 0 fully saturated rings. The summed E-state index contributed by atoms with van der Waals surface area (Å²) in [5, 5.41) is 7.96. The second kappa shape index (κ2) is 5.90. The van der Waals surface area contributed by atoms with Gasteiger partial charge in [0.2, 0.25) is 0 Å². The maximum atomic E-state index is 14.5. The Balaban J connectivity index is 2.49. The number of carbonyl (C=O) groups is 1. The van der Waals surface area contributed by atoms with Crippen LogP contribution >= 0.6 is 0 Å².